The molecule has 24 heavy (non-hydrogen) atoms. The number of H-pyrrole nitrogens is 1. The van der Waals surface area contributed by atoms with Crippen molar-refractivity contribution >= 4 is 11.3 Å². The third-order valence-electron chi connectivity index (χ3n) is 4.41. The number of aryl methyl sites for hydroxylation is 1. The maximum Gasteiger partial charge on any atom is 0.255 e. The molecule has 1 N–H and O–H groups in total. The Balaban J connectivity index is 1.51. The van der Waals surface area contributed by atoms with Crippen molar-refractivity contribution in [2.75, 3.05) is 6.54 Å². The van der Waals surface area contributed by atoms with Crippen molar-refractivity contribution < 1.29 is 0 Å². The Labute approximate surface area is 144 Å². The van der Waals surface area contributed by atoms with Crippen LogP contribution in [0.15, 0.2) is 46.6 Å². The molecule has 0 unspecified atom stereocenters. The van der Waals surface area contributed by atoms with Gasteiger partial charge in [0.25, 0.3) is 5.56 Å². The lowest BCUT2D eigenvalue weighted by atomic mass is 10.1. The highest BCUT2D eigenvalue weighted by Crippen LogP contribution is 2.27. The molecule has 2 aromatic heterocycles. The smallest absolute Gasteiger partial charge is 0.255 e. The molecule has 5 heteroatoms. The van der Waals surface area contributed by atoms with Gasteiger partial charge in [-0.25, -0.2) is 4.98 Å². The molecule has 0 spiro atoms. The molecule has 0 aliphatic carbocycles. The summed E-state index contributed by atoms with van der Waals surface area (Å²) in [5.41, 5.74) is 4.32. The van der Waals surface area contributed by atoms with Gasteiger partial charge >= 0.3 is 0 Å². The van der Waals surface area contributed by atoms with Crippen LogP contribution in [0.2, 0.25) is 0 Å². The van der Waals surface area contributed by atoms with Crippen molar-refractivity contribution in [3.63, 3.8) is 0 Å². The van der Waals surface area contributed by atoms with Gasteiger partial charge in [0.05, 0.1) is 11.3 Å². The number of nitrogens with one attached hydrogen (secondary N) is 1. The van der Waals surface area contributed by atoms with E-state index in [2.05, 4.69) is 50.6 Å². The second-order valence-electron chi connectivity index (χ2n) is 6.20. The zero-order valence-corrected chi connectivity index (χ0v) is 14.4. The Bertz CT molecular complexity index is 914. The Hall–Kier alpha value is -2.24. The van der Waals surface area contributed by atoms with Crippen LogP contribution in [-0.4, -0.2) is 21.4 Å². The van der Waals surface area contributed by atoms with Crippen molar-refractivity contribution in [2.24, 2.45) is 0 Å². The highest BCUT2D eigenvalue weighted by atomic mass is 32.1. The fourth-order valence-electron chi connectivity index (χ4n) is 3.21. The number of aromatic nitrogens is 2. The Kier molecular flexibility index (Phi) is 4.04. The molecule has 3 heterocycles. The number of rotatable bonds is 3. The molecule has 1 aromatic carbocycles. The lowest BCUT2D eigenvalue weighted by Crippen LogP contribution is -2.35. The first-order valence-electron chi connectivity index (χ1n) is 8.13. The van der Waals surface area contributed by atoms with Gasteiger partial charge in [0.15, 0.2) is 0 Å². The summed E-state index contributed by atoms with van der Waals surface area (Å²) in [6.45, 7) is 4.34. The minimum atomic E-state index is 0.0124. The molecule has 0 amide bonds. The standard InChI is InChI=1S/C19H19N3OS/c1-13-20-18-7-8-22(11-17(18)19(23)21-13)10-16-9-15(12-24-16)14-5-3-2-4-6-14/h2-6,9,12H,7-8,10-11H2,1H3,(H,20,21,23). The van der Waals surface area contributed by atoms with E-state index < -0.39 is 0 Å². The van der Waals surface area contributed by atoms with E-state index in [9.17, 15) is 4.79 Å². The third kappa shape index (κ3) is 3.05. The van der Waals surface area contributed by atoms with Crippen LogP contribution in [0.3, 0.4) is 0 Å². The van der Waals surface area contributed by atoms with Crippen LogP contribution in [0, 0.1) is 6.92 Å². The second-order valence-corrected chi connectivity index (χ2v) is 7.20. The predicted molar refractivity (Wildman–Crippen MR) is 97.2 cm³/mol. The molecule has 4 rings (SSSR count). The molecule has 0 saturated heterocycles. The fraction of sp³-hybridized carbons (Fsp3) is 0.263. The second kappa shape index (κ2) is 6.34. The van der Waals surface area contributed by atoms with Crippen LogP contribution in [0.1, 0.15) is 22.0 Å². The number of fused-ring (bicyclic) bond motifs is 1. The molecule has 1 aliphatic heterocycles. The van der Waals surface area contributed by atoms with Crippen LogP contribution in [-0.2, 0) is 19.5 Å². The molecular weight excluding hydrogens is 318 g/mol. The molecule has 0 radical (unpaired) electrons. The van der Waals surface area contributed by atoms with Crippen molar-refractivity contribution in [3.05, 3.63) is 74.1 Å². The van der Waals surface area contributed by atoms with Crippen LogP contribution < -0.4 is 5.56 Å². The van der Waals surface area contributed by atoms with Crippen molar-refractivity contribution in [2.45, 2.75) is 26.4 Å². The molecule has 1 aliphatic rings. The van der Waals surface area contributed by atoms with Gasteiger partial charge in [-0.05, 0) is 29.5 Å². The number of nitrogens with zero attached hydrogens (tertiary/aromatic N) is 2. The number of hydrogen-bond donors (Lipinski definition) is 1. The van der Waals surface area contributed by atoms with E-state index in [1.165, 1.54) is 16.0 Å². The summed E-state index contributed by atoms with van der Waals surface area (Å²) in [4.78, 5) is 23.1. The van der Waals surface area contributed by atoms with Crippen LogP contribution in [0.25, 0.3) is 11.1 Å². The molecular formula is C19H19N3OS. The Morgan fingerprint density at radius 3 is 2.92 bits per heavy atom. The molecule has 122 valence electrons. The topological polar surface area (TPSA) is 49.0 Å². The summed E-state index contributed by atoms with van der Waals surface area (Å²) in [5, 5.41) is 2.21. The van der Waals surface area contributed by atoms with Gasteiger partial charge in [-0.3, -0.25) is 9.69 Å². The van der Waals surface area contributed by atoms with E-state index in [1.54, 1.807) is 11.3 Å². The van der Waals surface area contributed by atoms with Crippen molar-refractivity contribution in [3.8, 4) is 11.1 Å². The number of hydrogen-bond acceptors (Lipinski definition) is 4. The summed E-state index contributed by atoms with van der Waals surface area (Å²) < 4.78 is 0. The molecule has 0 saturated carbocycles. The number of benzene rings is 1. The third-order valence-corrected chi connectivity index (χ3v) is 5.33. The van der Waals surface area contributed by atoms with E-state index in [-0.39, 0.29) is 5.56 Å². The first-order chi connectivity index (χ1) is 11.7. The lowest BCUT2D eigenvalue weighted by molar-refractivity contribution is 0.243. The largest absolute Gasteiger partial charge is 0.310 e. The minimum absolute atomic E-state index is 0.0124. The van der Waals surface area contributed by atoms with Gasteiger partial charge in [-0.2, -0.15) is 0 Å². The summed E-state index contributed by atoms with van der Waals surface area (Å²) >= 11 is 1.78. The van der Waals surface area contributed by atoms with E-state index in [1.807, 2.05) is 13.0 Å². The average molecular weight is 337 g/mol. The van der Waals surface area contributed by atoms with Gasteiger partial charge in [0.2, 0.25) is 0 Å². The maximum atomic E-state index is 12.2. The monoisotopic (exact) mass is 337 g/mol. The van der Waals surface area contributed by atoms with Gasteiger partial charge in [-0.1, -0.05) is 30.3 Å². The van der Waals surface area contributed by atoms with Crippen LogP contribution in [0.4, 0.5) is 0 Å². The summed E-state index contributed by atoms with van der Waals surface area (Å²) in [6.07, 6.45) is 0.844. The van der Waals surface area contributed by atoms with E-state index in [0.29, 0.717) is 12.4 Å². The van der Waals surface area contributed by atoms with Crippen LogP contribution in [0.5, 0.6) is 0 Å². The van der Waals surface area contributed by atoms with E-state index in [0.717, 1.165) is 30.8 Å². The zero-order chi connectivity index (χ0) is 16.5. The number of aromatic amines is 1. The van der Waals surface area contributed by atoms with E-state index in [4.69, 9.17) is 0 Å². The summed E-state index contributed by atoms with van der Waals surface area (Å²) in [5.74, 6) is 0.706. The van der Waals surface area contributed by atoms with Gasteiger partial charge in [0, 0.05) is 30.9 Å². The molecule has 4 nitrogen and oxygen atoms in total. The summed E-state index contributed by atoms with van der Waals surface area (Å²) in [6, 6.07) is 12.7. The predicted octanol–water partition coefficient (Wildman–Crippen LogP) is 3.37. The van der Waals surface area contributed by atoms with Crippen LogP contribution >= 0.6 is 11.3 Å². The van der Waals surface area contributed by atoms with Gasteiger partial charge in [-0.15, -0.1) is 11.3 Å². The first kappa shape index (κ1) is 15.3. The molecule has 0 bridgehead atoms. The molecule has 0 atom stereocenters. The van der Waals surface area contributed by atoms with Gasteiger partial charge in [0.1, 0.15) is 5.82 Å². The SMILES string of the molecule is Cc1nc2c(c(=O)[nH]1)CN(Cc1cc(-c3ccccc3)cs1)CC2. The first-order valence-corrected chi connectivity index (χ1v) is 9.01. The van der Waals surface area contributed by atoms with Crippen molar-refractivity contribution in [1.82, 2.24) is 14.9 Å². The number of thiophene rings is 1. The Morgan fingerprint density at radius 2 is 2.08 bits per heavy atom. The minimum Gasteiger partial charge on any atom is -0.310 e. The summed E-state index contributed by atoms with van der Waals surface area (Å²) in [7, 11) is 0. The highest BCUT2D eigenvalue weighted by molar-refractivity contribution is 7.10. The van der Waals surface area contributed by atoms with Gasteiger partial charge < -0.3 is 4.98 Å². The normalized spacial score (nSPS) is 14.5. The van der Waals surface area contributed by atoms with E-state index >= 15 is 0 Å². The zero-order valence-electron chi connectivity index (χ0n) is 13.6. The fourth-order valence-corrected chi connectivity index (χ4v) is 4.14. The average Bonchev–Trinajstić information content (AvgIpc) is 3.05. The lowest BCUT2D eigenvalue weighted by Gasteiger charge is -2.27. The Morgan fingerprint density at radius 1 is 1.25 bits per heavy atom. The van der Waals surface area contributed by atoms with Crippen molar-refractivity contribution in [1.29, 1.82) is 0 Å². The quantitative estimate of drug-likeness (QED) is 0.797. The maximum absolute atomic E-state index is 12.2. The molecule has 3 aromatic rings. The molecule has 0 fully saturated rings. The highest BCUT2D eigenvalue weighted by Gasteiger charge is 2.21.